The summed E-state index contributed by atoms with van der Waals surface area (Å²) in [6.45, 7) is 2.76. The summed E-state index contributed by atoms with van der Waals surface area (Å²) in [4.78, 5) is 14.4. The van der Waals surface area contributed by atoms with Crippen LogP contribution in [0.15, 0.2) is 12.1 Å². The summed E-state index contributed by atoms with van der Waals surface area (Å²) >= 11 is 5.89. The lowest BCUT2D eigenvalue weighted by atomic mass is 9.75. The number of rotatable bonds is 3. The molecule has 3 aliphatic rings. The van der Waals surface area contributed by atoms with Gasteiger partial charge in [0.25, 0.3) is 5.91 Å². The number of anilines is 1. The average Bonchev–Trinajstić information content (AvgIpc) is 2.49. The van der Waals surface area contributed by atoms with E-state index in [1.165, 1.54) is 12.1 Å². The number of carbonyl (C=O) groups excluding carboxylic acids is 1. The molecule has 3 aliphatic heterocycles. The molecule has 3 saturated heterocycles. The van der Waals surface area contributed by atoms with Crippen molar-refractivity contribution in [3.63, 3.8) is 0 Å². The number of aromatic hydroxyl groups is 1. The molecule has 1 aromatic carbocycles. The van der Waals surface area contributed by atoms with Crippen LogP contribution < -0.4 is 11.1 Å². The Bertz CT molecular complexity index is 602. The number of hydrogen-bond acceptors (Lipinski definition) is 5. The molecule has 0 saturated carbocycles. The summed E-state index contributed by atoms with van der Waals surface area (Å²) in [5.74, 6) is -0.481. The van der Waals surface area contributed by atoms with Gasteiger partial charge in [-0.05, 0) is 37.9 Å². The lowest BCUT2D eigenvalue weighted by Crippen LogP contribution is -2.63. The Hall–Kier alpha value is -1.50. The highest BCUT2D eigenvalue weighted by molar-refractivity contribution is 6.33. The van der Waals surface area contributed by atoms with Crippen LogP contribution in [0.3, 0.4) is 0 Å². The Morgan fingerprint density at radius 3 is 2.73 bits per heavy atom. The smallest absolute Gasteiger partial charge is 0.255 e. The maximum atomic E-state index is 12.2. The number of piperidine rings is 3. The number of amides is 1. The molecule has 2 bridgehead atoms. The summed E-state index contributed by atoms with van der Waals surface area (Å²) in [5.41, 5.74) is 4.94. The molecule has 1 aromatic rings. The zero-order chi connectivity index (χ0) is 15.9. The Morgan fingerprint density at radius 1 is 1.45 bits per heavy atom. The first-order valence-corrected chi connectivity index (χ1v) is 7.78. The molecule has 22 heavy (non-hydrogen) atoms. The quantitative estimate of drug-likeness (QED) is 0.617. The molecule has 3 fully saturated rings. The van der Waals surface area contributed by atoms with Crippen molar-refractivity contribution in [1.82, 2.24) is 10.2 Å². The van der Waals surface area contributed by atoms with Gasteiger partial charge >= 0.3 is 0 Å². The van der Waals surface area contributed by atoms with Crippen molar-refractivity contribution >= 4 is 23.2 Å². The van der Waals surface area contributed by atoms with Crippen LogP contribution in [-0.2, 0) is 0 Å². The molecule has 0 aromatic heterocycles. The van der Waals surface area contributed by atoms with Crippen LogP contribution in [0.4, 0.5) is 5.69 Å². The number of carbonyl (C=O) groups is 1. The second kappa shape index (κ2) is 5.61. The predicted molar refractivity (Wildman–Crippen MR) is 84.0 cm³/mol. The fraction of sp³-hybridized carbons (Fsp3) is 0.533. The van der Waals surface area contributed by atoms with Crippen molar-refractivity contribution in [2.45, 2.75) is 18.4 Å². The van der Waals surface area contributed by atoms with Crippen LogP contribution >= 0.6 is 11.6 Å². The first-order valence-electron chi connectivity index (χ1n) is 7.40. The zero-order valence-corrected chi connectivity index (χ0v) is 12.9. The lowest BCUT2D eigenvalue weighted by Gasteiger charge is -2.50. The van der Waals surface area contributed by atoms with Crippen LogP contribution in [0.2, 0.25) is 5.02 Å². The van der Waals surface area contributed by atoms with E-state index in [-0.39, 0.29) is 34.5 Å². The van der Waals surface area contributed by atoms with E-state index in [1.807, 2.05) is 0 Å². The van der Waals surface area contributed by atoms with Crippen LogP contribution in [0.1, 0.15) is 23.2 Å². The first kappa shape index (κ1) is 15.4. The van der Waals surface area contributed by atoms with Gasteiger partial charge in [-0.15, -0.1) is 0 Å². The number of nitrogens with one attached hydrogen (secondary N) is 1. The van der Waals surface area contributed by atoms with Gasteiger partial charge in [0.15, 0.2) is 0 Å². The van der Waals surface area contributed by atoms with Gasteiger partial charge in [0.1, 0.15) is 5.75 Å². The maximum Gasteiger partial charge on any atom is 0.255 e. The topological polar surface area (TPSA) is 98.8 Å². The molecule has 6 nitrogen and oxygen atoms in total. The van der Waals surface area contributed by atoms with Gasteiger partial charge in [-0.2, -0.15) is 0 Å². The molecular formula is C15H20ClN3O3. The number of halogens is 1. The van der Waals surface area contributed by atoms with E-state index in [1.54, 1.807) is 0 Å². The third-order valence-electron chi connectivity index (χ3n) is 4.76. The number of hydrogen-bond donors (Lipinski definition) is 4. The van der Waals surface area contributed by atoms with E-state index in [0.29, 0.717) is 6.54 Å². The molecular weight excluding hydrogens is 306 g/mol. The van der Waals surface area contributed by atoms with Gasteiger partial charge in [0.2, 0.25) is 0 Å². The predicted octanol–water partition coefficient (Wildman–Crippen LogP) is 0.814. The second-order valence-electron chi connectivity index (χ2n) is 6.23. The van der Waals surface area contributed by atoms with E-state index >= 15 is 0 Å². The molecule has 5 N–H and O–H groups in total. The molecule has 7 heteroatoms. The maximum absolute atomic E-state index is 12.2. The summed E-state index contributed by atoms with van der Waals surface area (Å²) in [7, 11) is 0. The fourth-order valence-electron chi connectivity index (χ4n) is 3.43. The average molecular weight is 326 g/mol. The van der Waals surface area contributed by atoms with E-state index in [4.69, 9.17) is 17.3 Å². The lowest BCUT2D eigenvalue weighted by molar-refractivity contribution is -0.108. The van der Waals surface area contributed by atoms with Gasteiger partial charge < -0.3 is 26.2 Å². The van der Waals surface area contributed by atoms with Crippen LogP contribution in [0.25, 0.3) is 0 Å². The SMILES string of the molecule is Nc1cc(O)c(C(=O)NCC2(O)CN3CCC2CC3)cc1Cl. The number of benzene rings is 1. The first-order chi connectivity index (χ1) is 10.4. The zero-order valence-electron chi connectivity index (χ0n) is 12.2. The van der Waals surface area contributed by atoms with E-state index < -0.39 is 11.5 Å². The van der Waals surface area contributed by atoms with Gasteiger partial charge in [-0.3, -0.25) is 4.79 Å². The fourth-order valence-corrected chi connectivity index (χ4v) is 3.60. The number of nitrogen functional groups attached to an aromatic ring is 1. The number of fused-ring (bicyclic) bond motifs is 3. The van der Waals surface area contributed by atoms with Crippen LogP contribution in [-0.4, -0.2) is 52.8 Å². The molecule has 0 radical (unpaired) electrons. The minimum Gasteiger partial charge on any atom is -0.507 e. The van der Waals surface area contributed by atoms with Gasteiger partial charge in [0.05, 0.1) is 21.9 Å². The van der Waals surface area contributed by atoms with E-state index in [2.05, 4.69) is 10.2 Å². The van der Waals surface area contributed by atoms with Gasteiger partial charge in [-0.1, -0.05) is 11.6 Å². The van der Waals surface area contributed by atoms with Crippen LogP contribution in [0, 0.1) is 5.92 Å². The highest BCUT2D eigenvalue weighted by Crippen LogP contribution is 2.35. The number of phenols is 1. The third kappa shape index (κ3) is 2.74. The largest absolute Gasteiger partial charge is 0.507 e. The molecule has 1 unspecified atom stereocenters. The highest BCUT2D eigenvalue weighted by Gasteiger charge is 2.45. The summed E-state index contributed by atoms with van der Waals surface area (Å²) < 4.78 is 0. The molecule has 3 heterocycles. The molecule has 120 valence electrons. The van der Waals surface area contributed by atoms with Crippen molar-refractivity contribution in [3.05, 3.63) is 22.7 Å². The number of nitrogens with zero attached hydrogens (tertiary/aromatic N) is 1. The normalized spacial score (nSPS) is 30.3. The Morgan fingerprint density at radius 2 is 2.14 bits per heavy atom. The minimum absolute atomic E-state index is 0.0593. The molecule has 1 amide bonds. The van der Waals surface area contributed by atoms with Gasteiger partial charge in [-0.25, -0.2) is 0 Å². The van der Waals surface area contributed by atoms with Crippen LogP contribution in [0.5, 0.6) is 5.75 Å². The molecule has 0 spiro atoms. The molecule has 1 atom stereocenters. The van der Waals surface area contributed by atoms with E-state index in [0.717, 1.165) is 25.9 Å². The third-order valence-corrected chi connectivity index (χ3v) is 5.09. The number of nitrogens with two attached hydrogens (primary N) is 1. The summed E-state index contributed by atoms with van der Waals surface area (Å²) in [5, 5.41) is 23.5. The number of phenolic OH excluding ortho intramolecular Hbond substituents is 1. The van der Waals surface area contributed by atoms with Crippen molar-refractivity contribution in [3.8, 4) is 5.75 Å². The Balaban J connectivity index is 1.69. The van der Waals surface area contributed by atoms with Crippen molar-refractivity contribution in [1.29, 1.82) is 0 Å². The van der Waals surface area contributed by atoms with Crippen molar-refractivity contribution < 1.29 is 15.0 Å². The summed E-state index contributed by atoms with van der Waals surface area (Å²) in [6.07, 6.45) is 1.90. The summed E-state index contributed by atoms with van der Waals surface area (Å²) in [6, 6.07) is 2.59. The Labute approximate surface area is 133 Å². The molecule has 0 aliphatic carbocycles. The van der Waals surface area contributed by atoms with Crippen molar-refractivity contribution in [2.24, 2.45) is 5.92 Å². The Kier molecular flexibility index (Phi) is 3.92. The molecule has 4 rings (SSSR count). The standard InChI is InChI=1S/C15H20ClN3O3/c16-11-5-10(13(20)6-12(11)17)14(21)18-7-15(22)8-19-3-1-9(15)2-4-19/h5-6,9,20,22H,1-4,7-8,17H2,(H,18,21). The second-order valence-corrected chi connectivity index (χ2v) is 6.63. The van der Waals surface area contributed by atoms with Crippen molar-refractivity contribution in [2.75, 3.05) is 31.9 Å². The minimum atomic E-state index is -0.903. The monoisotopic (exact) mass is 325 g/mol. The van der Waals surface area contributed by atoms with E-state index in [9.17, 15) is 15.0 Å². The number of aliphatic hydroxyl groups is 1. The van der Waals surface area contributed by atoms with Gasteiger partial charge in [0, 0.05) is 19.2 Å². The highest BCUT2D eigenvalue weighted by atomic mass is 35.5.